The zero-order chi connectivity index (χ0) is 14.8. The van der Waals surface area contributed by atoms with E-state index in [4.69, 9.17) is 16.6 Å². The SMILES string of the molecule is CCNC(c1cccc(Cl)c1)c1nc(C(C)(C)C)cs1. The van der Waals surface area contributed by atoms with Crippen LogP contribution in [0.15, 0.2) is 29.6 Å². The first-order chi connectivity index (χ1) is 9.41. The maximum atomic E-state index is 6.11. The fraction of sp³-hybridized carbons (Fsp3) is 0.438. The molecule has 1 unspecified atom stereocenters. The smallest absolute Gasteiger partial charge is 0.114 e. The Labute approximate surface area is 130 Å². The molecule has 4 heteroatoms. The van der Waals surface area contributed by atoms with E-state index in [1.807, 2.05) is 18.2 Å². The van der Waals surface area contributed by atoms with Crippen molar-refractivity contribution in [1.29, 1.82) is 0 Å². The summed E-state index contributed by atoms with van der Waals surface area (Å²) in [7, 11) is 0. The Kier molecular flexibility index (Phi) is 4.84. The molecule has 0 aliphatic heterocycles. The average Bonchev–Trinajstić information content (AvgIpc) is 2.85. The van der Waals surface area contributed by atoms with Gasteiger partial charge >= 0.3 is 0 Å². The van der Waals surface area contributed by atoms with Gasteiger partial charge in [0, 0.05) is 15.8 Å². The number of benzene rings is 1. The van der Waals surface area contributed by atoms with Crippen LogP contribution >= 0.6 is 22.9 Å². The molecular formula is C16H21ClN2S. The van der Waals surface area contributed by atoms with Crippen LogP contribution in [-0.4, -0.2) is 11.5 Å². The van der Waals surface area contributed by atoms with Gasteiger partial charge in [0.2, 0.25) is 0 Å². The molecule has 0 fully saturated rings. The second-order valence-corrected chi connectivity index (χ2v) is 7.19. The summed E-state index contributed by atoms with van der Waals surface area (Å²) >= 11 is 7.82. The lowest BCUT2D eigenvalue weighted by Gasteiger charge is -2.17. The van der Waals surface area contributed by atoms with Gasteiger partial charge in [0.05, 0.1) is 11.7 Å². The highest BCUT2D eigenvalue weighted by atomic mass is 35.5. The van der Waals surface area contributed by atoms with Crippen LogP contribution in [0.1, 0.15) is 50.0 Å². The minimum Gasteiger partial charge on any atom is -0.305 e. The number of hydrogen-bond acceptors (Lipinski definition) is 3. The Morgan fingerprint density at radius 3 is 2.65 bits per heavy atom. The molecule has 1 aromatic heterocycles. The van der Waals surface area contributed by atoms with Gasteiger partial charge in [-0.25, -0.2) is 4.98 Å². The molecule has 1 heterocycles. The predicted octanol–water partition coefficient (Wildman–Crippen LogP) is 4.79. The standard InChI is InChI=1S/C16H21ClN2S/c1-5-18-14(11-7-6-8-12(17)9-11)15-19-13(10-20-15)16(2,3)4/h6-10,14,18H,5H2,1-4H3. The monoisotopic (exact) mass is 308 g/mol. The Hall–Kier alpha value is -0.900. The summed E-state index contributed by atoms with van der Waals surface area (Å²) in [6.07, 6.45) is 0. The number of nitrogens with one attached hydrogen (secondary N) is 1. The molecule has 2 nitrogen and oxygen atoms in total. The van der Waals surface area contributed by atoms with Crippen LogP contribution in [0.3, 0.4) is 0 Å². The zero-order valence-electron chi connectivity index (χ0n) is 12.4. The van der Waals surface area contributed by atoms with E-state index in [9.17, 15) is 0 Å². The molecule has 2 rings (SSSR count). The van der Waals surface area contributed by atoms with Crippen molar-refractivity contribution in [1.82, 2.24) is 10.3 Å². The Bertz CT molecular complexity index is 572. The minimum absolute atomic E-state index is 0.0832. The minimum atomic E-state index is 0.0832. The highest BCUT2D eigenvalue weighted by Crippen LogP contribution is 2.30. The molecule has 0 bridgehead atoms. The molecule has 0 aliphatic carbocycles. The van der Waals surface area contributed by atoms with E-state index in [1.54, 1.807) is 11.3 Å². The fourth-order valence-corrected chi connectivity index (χ4v) is 3.35. The lowest BCUT2D eigenvalue weighted by molar-refractivity contribution is 0.562. The highest BCUT2D eigenvalue weighted by Gasteiger charge is 2.22. The second-order valence-electron chi connectivity index (χ2n) is 5.87. The second kappa shape index (κ2) is 6.25. The molecule has 2 aromatic rings. The van der Waals surface area contributed by atoms with Crippen LogP contribution in [0.5, 0.6) is 0 Å². The maximum absolute atomic E-state index is 6.11. The summed E-state index contributed by atoms with van der Waals surface area (Å²) in [4.78, 5) is 4.82. The van der Waals surface area contributed by atoms with Crippen LogP contribution in [-0.2, 0) is 5.41 Å². The van der Waals surface area contributed by atoms with Crippen LogP contribution in [0, 0.1) is 0 Å². The van der Waals surface area contributed by atoms with Crippen LogP contribution in [0.4, 0.5) is 0 Å². The lowest BCUT2D eigenvalue weighted by Crippen LogP contribution is -2.22. The lowest BCUT2D eigenvalue weighted by atomic mass is 9.93. The van der Waals surface area contributed by atoms with E-state index in [2.05, 4.69) is 44.5 Å². The summed E-state index contributed by atoms with van der Waals surface area (Å²) in [5, 5.41) is 7.51. The molecule has 0 radical (unpaired) electrons. The van der Waals surface area contributed by atoms with Crippen molar-refractivity contribution < 1.29 is 0 Å². The van der Waals surface area contributed by atoms with E-state index in [0.717, 1.165) is 27.8 Å². The number of thiazole rings is 1. The highest BCUT2D eigenvalue weighted by molar-refractivity contribution is 7.09. The molecule has 1 atom stereocenters. The number of nitrogens with zero attached hydrogens (tertiary/aromatic N) is 1. The number of halogens is 1. The molecule has 108 valence electrons. The third-order valence-corrected chi connectivity index (χ3v) is 4.27. The quantitative estimate of drug-likeness (QED) is 0.878. The average molecular weight is 309 g/mol. The molecule has 0 saturated carbocycles. The Morgan fingerprint density at radius 1 is 1.35 bits per heavy atom. The molecule has 20 heavy (non-hydrogen) atoms. The van der Waals surface area contributed by atoms with Crippen LogP contribution < -0.4 is 5.32 Å². The van der Waals surface area contributed by atoms with E-state index in [1.165, 1.54) is 0 Å². The first-order valence-corrected chi connectivity index (χ1v) is 8.12. The van der Waals surface area contributed by atoms with Gasteiger partial charge in [-0.05, 0) is 24.2 Å². The molecule has 0 amide bonds. The normalized spacial score (nSPS) is 13.4. The predicted molar refractivity (Wildman–Crippen MR) is 87.8 cm³/mol. The first-order valence-electron chi connectivity index (χ1n) is 6.86. The summed E-state index contributed by atoms with van der Waals surface area (Å²) < 4.78 is 0. The van der Waals surface area contributed by atoms with Crippen molar-refractivity contribution in [3.8, 4) is 0 Å². The first kappa shape index (κ1) is 15.5. The van der Waals surface area contributed by atoms with Gasteiger partial charge in [-0.2, -0.15) is 0 Å². The van der Waals surface area contributed by atoms with Crippen molar-refractivity contribution in [2.45, 2.75) is 39.2 Å². The summed E-state index contributed by atoms with van der Waals surface area (Å²) in [6, 6.07) is 8.10. The van der Waals surface area contributed by atoms with E-state index in [-0.39, 0.29) is 11.5 Å². The number of aromatic nitrogens is 1. The van der Waals surface area contributed by atoms with Crippen molar-refractivity contribution in [2.75, 3.05) is 6.54 Å². The molecule has 0 saturated heterocycles. The van der Waals surface area contributed by atoms with Crippen molar-refractivity contribution in [3.63, 3.8) is 0 Å². The van der Waals surface area contributed by atoms with Crippen molar-refractivity contribution >= 4 is 22.9 Å². The van der Waals surface area contributed by atoms with Crippen molar-refractivity contribution in [2.24, 2.45) is 0 Å². The van der Waals surface area contributed by atoms with Crippen LogP contribution in [0.25, 0.3) is 0 Å². The maximum Gasteiger partial charge on any atom is 0.114 e. The van der Waals surface area contributed by atoms with Gasteiger partial charge < -0.3 is 5.32 Å². The third-order valence-electron chi connectivity index (χ3n) is 3.13. The van der Waals surface area contributed by atoms with Gasteiger partial charge in [-0.1, -0.05) is 51.4 Å². The number of rotatable bonds is 4. The fourth-order valence-electron chi connectivity index (χ4n) is 2.00. The van der Waals surface area contributed by atoms with Gasteiger partial charge in [-0.3, -0.25) is 0 Å². The van der Waals surface area contributed by atoms with E-state index >= 15 is 0 Å². The summed E-state index contributed by atoms with van der Waals surface area (Å²) in [5.41, 5.74) is 2.39. The van der Waals surface area contributed by atoms with Gasteiger partial charge in [0.1, 0.15) is 5.01 Å². The topological polar surface area (TPSA) is 24.9 Å². The van der Waals surface area contributed by atoms with Crippen molar-refractivity contribution in [3.05, 3.63) is 50.9 Å². The molecule has 1 N–H and O–H groups in total. The van der Waals surface area contributed by atoms with Gasteiger partial charge in [0.25, 0.3) is 0 Å². The van der Waals surface area contributed by atoms with Crippen LogP contribution in [0.2, 0.25) is 5.02 Å². The number of hydrogen-bond donors (Lipinski definition) is 1. The Balaban J connectivity index is 2.36. The molecule has 0 spiro atoms. The third kappa shape index (κ3) is 3.60. The van der Waals surface area contributed by atoms with Gasteiger partial charge in [0.15, 0.2) is 0 Å². The largest absolute Gasteiger partial charge is 0.305 e. The van der Waals surface area contributed by atoms with Gasteiger partial charge in [-0.15, -0.1) is 11.3 Å². The van der Waals surface area contributed by atoms with E-state index < -0.39 is 0 Å². The molecule has 1 aromatic carbocycles. The molecule has 0 aliphatic rings. The summed E-state index contributed by atoms with van der Waals surface area (Å²) in [5.74, 6) is 0. The molecular weight excluding hydrogens is 288 g/mol. The zero-order valence-corrected chi connectivity index (χ0v) is 14.0. The Morgan fingerprint density at radius 2 is 2.10 bits per heavy atom. The summed E-state index contributed by atoms with van der Waals surface area (Å²) in [6.45, 7) is 9.56. The van der Waals surface area contributed by atoms with E-state index in [0.29, 0.717) is 0 Å².